The standard InChI is InChI=1S/C13H13N7O2/c1-8(21)17-12-5-16-20(18-12)6-13(22)19-7-15-10-4-9(14)2-3-11(10)19/h2-5,7H,6,14H2,1H3,(H,17,18,21). The molecular formula is C13H13N7O2. The summed E-state index contributed by atoms with van der Waals surface area (Å²) in [5.74, 6) is -0.211. The van der Waals surface area contributed by atoms with Gasteiger partial charge in [-0.2, -0.15) is 9.90 Å². The normalized spacial score (nSPS) is 10.8. The lowest BCUT2D eigenvalue weighted by Gasteiger charge is -2.02. The first-order chi connectivity index (χ1) is 10.5. The van der Waals surface area contributed by atoms with E-state index in [4.69, 9.17) is 5.73 Å². The quantitative estimate of drug-likeness (QED) is 0.680. The number of nitrogens with zero attached hydrogens (tertiary/aromatic N) is 5. The Bertz CT molecular complexity index is 864. The molecule has 0 aliphatic carbocycles. The summed E-state index contributed by atoms with van der Waals surface area (Å²) in [6.45, 7) is 1.29. The van der Waals surface area contributed by atoms with Crippen molar-refractivity contribution in [3.8, 4) is 0 Å². The number of nitrogens with two attached hydrogens (primary N) is 1. The van der Waals surface area contributed by atoms with Crippen LogP contribution in [0.15, 0.2) is 30.7 Å². The number of hydrogen-bond donors (Lipinski definition) is 2. The lowest BCUT2D eigenvalue weighted by atomic mass is 10.3. The highest BCUT2D eigenvalue weighted by atomic mass is 16.2. The molecule has 3 aromatic rings. The molecule has 2 aromatic heterocycles. The maximum atomic E-state index is 12.3. The average molecular weight is 299 g/mol. The van der Waals surface area contributed by atoms with Gasteiger partial charge in [0.15, 0.2) is 5.82 Å². The highest BCUT2D eigenvalue weighted by Gasteiger charge is 2.12. The monoisotopic (exact) mass is 299 g/mol. The molecule has 3 N–H and O–H groups in total. The number of imidazole rings is 1. The number of fused-ring (bicyclic) bond motifs is 1. The molecule has 1 amide bonds. The maximum Gasteiger partial charge on any atom is 0.255 e. The van der Waals surface area contributed by atoms with Gasteiger partial charge in [-0.05, 0) is 18.2 Å². The van der Waals surface area contributed by atoms with Crippen molar-refractivity contribution in [3.05, 3.63) is 30.7 Å². The van der Waals surface area contributed by atoms with Crippen molar-refractivity contribution in [2.24, 2.45) is 0 Å². The van der Waals surface area contributed by atoms with Gasteiger partial charge in [-0.15, -0.1) is 5.10 Å². The van der Waals surface area contributed by atoms with E-state index in [1.807, 2.05) is 0 Å². The third-order valence-electron chi connectivity index (χ3n) is 2.96. The molecule has 0 radical (unpaired) electrons. The Hall–Kier alpha value is -3.23. The molecule has 9 nitrogen and oxygen atoms in total. The number of carbonyl (C=O) groups excluding carboxylic acids is 2. The second kappa shape index (κ2) is 5.28. The van der Waals surface area contributed by atoms with Gasteiger partial charge in [0, 0.05) is 12.6 Å². The van der Waals surface area contributed by atoms with Gasteiger partial charge in [-0.25, -0.2) is 4.98 Å². The second-order valence-electron chi connectivity index (χ2n) is 4.70. The van der Waals surface area contributed by atoms with Crippen LogP contribution < -0.4 is 11.1 Å². The van der Waals surface area contributed by atoms with Crippen LogP contribution >= 0.6 is 0 Å². The van der Waals surface area contributed by atoms with Gasteiger partial charge in [0.05, 0.1) is 17.2 Å². The lowest BCUT2D eigenvalue weighted by molar-refractivity contribution is -0.114. The zero-order chi connectivity index (χ0) is 15.7. The van der Waals surface area contributed by atoms with Gasteiger partial charge in [-0.1, -0.05) is 0 Å². The molecule has 0 spiro atoms. The van der Waals surface area contributed by atoms with Crippen LogP contribution in [0.2, 0.25) is 0 Å². The molecule has 112 valence electrons. The molecule has 9 heteroatoms. The van der Waals surface area contributed by atoms with Crippen LogP contribution in [0.25, 0.3) is 11.0 Å². The molecule has 3 rings (SSSR count). The summed E-state index contributed by atoms with van der Waals surface area (Å²) in [5, 5.41) is 10.4. The number of aromatic nitrogens is 5. The average Bonchev–Trinajstić information content (AvgIpc) is 3.04. The maximum absolute atomic E-state index is 12.3. The van der Waals surface area contributed by atoms with E-state index in [2.05, 4.69) is 20.5 Å². The van der Waals surface area contributed by atoms with Gasteiger partial charge < -0.3 is 11.1 Å². The van der Waals surface area contributed by atoms with Gasteiger partial charge in [-0.3, -0.25) is 14.2 Å². The molecule has 0 atom stereocenters. The summed E-state index contributed by atoms with van der Waals surface area (Å²) in [6, 6.07) is 5.13. The van der Waals surface area contributed by atoms with Crippen LogP contribution in [-0.4, -0.2) is 36.4 Å². The Morgan fingerprint density at radius 3 is 2.95 bits per heavy atom. The highest BCUT2D eigenvalue weighted by Crippen LogP contribution is 2.16. The molecule has 0 saturated heterocycles. The van der Waals surface area contributed by atoms with E-state index in [0.29, 0.717) is 22.5 Å². The summed E-state index contributed by atoms with van der Waals surface area (Å²) in [4.78, 5) is 28.6. The third kappa shape index (κ3) is 2.64. The topological polar surface area (TPSA) is 121 Å². The molecule has 0 fully saturated rings. The van der Waals surface area contributed by atoms with Gasteiger partial charge in [0.2, 0.25) is 5.91 Å². The fraction of sp³-hybridized carbons (Fsp3) is 0.154. The number of rotatable bonds is 3. The van der Waals surface area contributed by atoms with E-state index < -0.39 is 0 Å². The predicted molar refractivity (Wildman–Crippen MR) is 79.1 cm³/mol. The van der Waals surface area contributed by atoms with Crippen LogP contribution in [-0.2, 0) is 11.3 Å². The van der Waals surface area contributed by atoms with Crippen LogP contribution in [0.4, 0.5) is 11.5 Å². The van der Waals surface area contributed by atoms with Gasteiger partial charge >= 0.3 is 0 Å². The number of benzene rings is 1. The molecule has 0 unspecified atom stereocenters. The second-order valence-corrected chi connectivity index (χ2v) is 4.70. The minimum absolute atomic E-state index is 0.0740. The van der Waals surface area contributed by atoms with Crippen molar-refractivity contribution >= 4 is 34.4 Å². The minimum Gasteiger partial charge on any atom is -0.399 e. The van der Waals surface area contributed by atoms with Crippen LogP contribution in [0.3, 0.4) is 0 Å². The van der Waals surface area contributed by atoms with Crippen molar-refractivity contribution in [1.82, 2.24) is 24.5 Å². The Kier molecular flexibility index (Phi) is 3.30. The number of nitrogen functional groups attached to an aromatic ring is 1. The Morgan fingerprint density at radius 2 is 2.18 bits per heavy atom. The highest BCUT2D eigenvalue weighted by molar-refractivity contribution is 5.91. The Labute approximate surface area is 124 Å². The zero-order valence-electron chi connectivity index (χ0n) is 11.7. The largest absolute Gasteiger partial charge is 0.399 e. The van der Waals surface area contributed by atoms with Crippen molar-refractivity contribution in [2.45, 2.75) is 13.5 Å². The molecule has 0 bridgehead atoms. The molecule has 1 aromatic carbocycles. The van der Waals surface area contributed by atoms with Crippen LogP contribution in [0.5, 0.6) is 0 Å². The molecule has 0 aliphatic heterocycles. The third-order valence-corrected chi connectivity index (χ3v) is 2.96. The summed E-state index contributed by atoms with van der Waals surface area (Å²) in [6.07, 6.45) is 2.81. The van der Waals surface area contributed by atoms with Crippen molar-refractivity contribution in [3.63, 3.8) is 0 Å². The van der Waals surface area contributed by atoms with E-state index in [0.717, 1.165) is 0 Å². The van der Waals surface area contributed by atoms with Crippen LogP contribution in [0.1, 0.15) is 11.7 Å². The summed E-state index contributed by atoms with van der Waals surface area (Å²) in [5.41, 5.74) is 7.56. The fourth-order valence-electron chi connectivity index (χ4n) is 2.04. The van der Waals surface area contributed by atoms with E-state index in [1.54, 1.807) is 18.2 Å². The number of amides is 1. The SMILES string of the molecule is CC(=O)Nc1cnn(CC(=O)n2cnc3cc(N)ccc32)n1. The Balaban J connectivity index is 1.81. The number of nitrogens with one attached hydrogen (secondary N) is 1. The van der Waals surface area contributed by atoms with Gasteiger partial charge in [0.1, 0.15) is 12.9 Å². The van der Waals surface area contributed by atoms with E-state index in [9.17, 15) is 9.59 Å². The number of carbonyl (C=O) groups is 2. The fourth-order valence-corrected chi connectivity index (χ4v) is 2.04. The van der Waals surface area contributed by atoms with E-state index in [-0.39, 0.29) is 18.4 Å². The lowest BCUT2D eigenvalue weighted by Crippen LogP contribution is -2.19. The molecule has 2 heterocycles. The first-order valence-electron chi connectivity index (χ1n) is 6.46. The molecule has 22 heavy (non-hydrogen) atoms. The van der Waals surface area contributed by atoms with E-state index in [1.165, 1.54) is 28.8 Å². The summed E-state index contributed by atoms with van der Waals surface area (Å²) in [7, 11) is 0. The first kappa shape index (κ1) is 13.7. The first-order valence-corrected chi connectivity index (χ1v) is 6.46. The molecular weight excluding hydrogens is 286 g/mol. The Morgan fingerprint density at radius 1 is 1.36 bits per heavy atom. The summed E-state index contributed by atoms with van der Waals surface area (Å²) >= 11 is 0. The summed E-state index contributed by atoms with van der Waals surface area (Å²) < 4.78 is 1.41. The number of anilines is 2. The zero-order valence-corrected chi connectivity index (χ0v) is 11.7. The number of hydrogen-bond acceptors (Lipinski definition) is 6. The predicted octanol–water partition coefficient (Wildman–Crippen LogP) is 0.509. The smallest absolute Gasteiger partial charge is 0.255 e. The minimum atomic E-state index is -0.253. The van der Waals surface area contributed by atoms with Crippen molar-refractivity contribution < 1.29 is 9.59 Å². The van der Waals surface area contributed by atoms with Gasteiger partial charge in [0.25, 0.3) is 5.91 Å². The van der Waals surface area contributed by atoms with Crippen molar-refractivity contribution in [2.75, 3.05) is 11.1 Å². The van der Waals surface area contributed by atoms with Crippen molar-refractivity contribution in [1.29, 1.82) is 0 Å². The molecule has 0 saturated carbocycles. The van der Waals surface area contributed by atoms with Crippen LogP contribution in [0, 0.1) is 0 Å². The van der Waals surface area contributed by atoms with E-state index >= 15 is 0 Å². The molecule has 0 aliphatic rings.